The van der Waals surface area contributed by atoms with E-state index in [0.717, 1.165) is 17.9 Å². The van der Waals surface area contributed by atoms with Gasteiger partial charge in [-0.05, 0) is 12.1 Å². The summed E-state index contributed by atoms with van der Waals surface area (Å²) in [6, 6.07) is 12.6. The molecule has 0 radical (unpaired) electrons. The molecule has 0 bridgehead atoms. The summed E-state index contributed by atoms with van der Waals surface area (Å²) in [5.74, 6) is -1.30. The zero-order chi connectivity index (χ0) is 21.4. The third-order valence-electron chi connectivity index (χ3n) is 4.73. The second-order valence-electron chi connectivity index (χ2n) is 6.81. The Morgan fingerprint density at radius 1 is 1.00 bits per heavy atom. The van der Waals surface area contributed by atoms with Crippen LogP contribution in [0.4, 0.5) is 8.78 Å². The lowest BCUT2D eigenvalue weighted by atomic mass is 10.1. The van der Waals surface area contributed by atoms with Crippen LogP contribution in [-0.2, 0) is 6.54 Å². The molecule has 0 spiro atoms. The van der Waals surface area contributed by atoms with Gasteiger partial charge < -0.3 is 4.52 Å². The number of hydrogen-bond donors (Lipinski definition) is 0. The molecule has 152 valence electrons. The highest BCUT2D eigenvalue weighted by Crippen LogP contribution is 2.27. The van der Waals surface area contributed by atoms with Crippen molar-refractivity contribution in [2.24, 2.45) is 0 Å². The third kappa shape index (κ3) is 3.57. The number of carbonyl (C=O) groups is 1. The van der Waals surface area contributed by atoms with Crippen LogP contribution in [0.2, 0.25) is 0 Å². The first-order valence-corrected chi connectivity index (χ1v) is 9.26. The number of imidazole rings is 1. The molecule has 2 aliphatic rings. The fourth-order valence-corrected chi connectivity index (χ4v) is 3.16. The number of halogens is 2. The number of nitrogens with zero attached hydrogens (tertiary/aromatic N) is 5. The first-order chi connectivity index (χ1) is 15.1. The molecule has 2 aliphatic heterocycles. The predicted octanol–water partition coefficient (Wildman–Crippen LogP) is 4.24. The van der Waals surface area contributed by atoms with E-state index < -0.39 is 11.6 Å². The Morgan fingerprint density at radius 2 is 1.81 bits per heavy atom. The molecule has 5 rings (SSSR count). The number of rotatable bonds is 5. The first-order valence-electron chi connectivity index (χ1n) is 9.26. The largest absolute Gasteiger partial charge is 0.359 e. The van der Waals surface area contributed by atoms with E-state index in [1.54, 1.807) is 41.2 Å². The van der Waals surface area contributed by atoms with Crippen LogP contribution in [0.25, 0.3) is 34.0 Å². The molecule has 0 saturated heterocycles. The van der Waals surface area contributed by atoms with E-state index in [2.05, 4.69) is 20.2 Å². The van der Waals surface area contributed by atoms with Gasteiger partial charge in [0.1, 0.15) is 29.9 Å². The summed E-state index contributed by atoms with van der Waals surface area (Å²) in [6.07, 6.45) is 3.92. The summed E-state index contributed by atoms with van der Waals surface area (Å²) in [6.45, 7) is 0.284. The molecular formula is C22H13F2N5O2. The molecule has 9 heteroatoms. The van der Waals surface area contributed by atoms with Crippen LogP contribution in [0.1, 0.15) is 16.1 Å². The zero-order valence-electron chi connectivity index (χ0n) is 15.9. The van der Waals surface area contributed by atoms with Gasteiger partial charge in [-0.1, -0.05) is 35.5 Å². The van der Waals surface area contributed by atoms with Crippen LogP contribution in [0.5, 0.6) is 0 Å². The minimum atomic E-state index is -0.992. The van der Waals surface area contributed by atoms with Crippen molar-refractivity contribution in [2.75, 3.05) is 0 Å². The van der Waals surface area contributed by atoms with E-state index >= 15 is 0 Å². The number of aldehydes is 1. The van der Waals surface area contributed by atoms with Gasteiger partial charge in [-0.3, -0.25) is 9.48 Å². The summed E-state index contributed by atoms with van der Waals surface area (Å²) in [5.41, 5.74) is 2.96. The highest BCUT2D eigenvalue weighted by atomic mass is 19.2. The molecule has 3 aromatic rings. The van der Waals surface area contributed by atoms with Crippen LogP contribution >= 0.6 is 0 Å². The van der Waals surface area contributed by atoms with Gasteiger partial charge in [0, 0.05) is 17.2 Å². The molecule has 31 heavy (non-hydrogen) atoms. The minimum absolute atomic E-state index is 0.0109. The Hall–Kier alpha value is -4.27. The van der Waals surface area contributed by atoms with Gasteiger partial charge in [-0.2, -0.15) is 5.10 Å². The van der Waals surface area contributed by atoms with Crippen LogP contribution < -0.4 is 0 Å². The van der Waals surface area contributed by atoms with E-state index in [-0.39, 0.29) is 17.9 Å². The molecule has 0 amide bonds. The maximum Gasteiger partial charge on any atom is 0.169 e. The van der Waals surface area contributed by atoms with Gasteiger partial charge in [0.05, 0.1) is 18.0 Å². The van der Waals surface area contributed by atoms with Crippen molar-refractivity contribution in [2.45, 2.75) is 6.54 Å². The second-order valence-corrected chi connectivity index (χ2v) is 6.81. The van der Waals surface area contributed by atoms with E-state index in [1.165, 1.54) is 18.3 Å². The number of aromatic nitrogens is 5. The zero-order valence-corrected chi connectivity index (χ0v) is 15.9. The van der Waals surface area contributed by atoms with Gasteiger partial charge in [-0.15, -0.1) is 0 Å². The average Bonchev–Trinajstić information content (AvgIpc) is 3.42. The standard InChI is InChI=1S/C22H13F2N5O2/c23-17-3-1-2-16(21(17)24)22-26-19-9-25-29(11-20(19)27-22)10-15-8-18(28-31-15)14-6-4-13(12-30)5-7-14/h1-9,11-12H,10H2. The predicted molar refractivity (Wildman–Crippen MR) is 106 cm³/mol. The van der Waals surface area contributed by atoms with Crippen molar-refractivity contribution in [1.29, 1.82) is 0 Å². The smallest absolute Gasteiger partial charge is 0.169 e. The fourth-order valence-electron chi connectivity index (χ4n) is 3.16. The van der Waals surface area contributed by atoms with Gasteiger partial charge >= 0.3 is 0 Å². The molecule has 0 saturated carbocycles. The van der Waals surface area contributed by atoms with Crippen molar-refractivity contribution < 1.29 is 18.1 Å². The maximum atomic E-state index is 14.1. The molecule has 2 aromatic carbocycles. The van der Waals surface area contributed by atoms with Gasteiger partial charge in [-0.25, -0.2) is 18.7 Å². The van der Waals surface area contributed by atoms with Crippen LogP contribution in [0.15, 0.2) is 65.4 Å². The quantitative estimate of drug-likeness (QED) is 0.398. The molecule has 0 unspecified atom stereocenters. The van der Waals surface area contributed by atoms with Crippen molar-refractivity contribution in [3.63, 3.8) is 0 Å². The molecule has 0 aliphatic carbocycles. The summed E-state index contributed by atoms with van der Waals surface area (Å²) >= 11 is 0. The Bertz CT molecular complexity index is 1360. The van der Waals surface area contributed by atoms with Gasteiger partial charge in [0.15, 0.2) is 23.2 Å². The first kappa shape index (κ1) is 18.7. The normalized spacial score (nSPS) is 11.2. The molecule has 1 aromatic heterocycles. The number of hydrogen-bond acceptors (Lipinski definition) is 6. The van der Waals surface area contributed by atoms with E-state index in [1.807, 2.05) is 0 Å². The van der Waals surface area contributed by atoms with Crippen LogP contribution in [-0.4, -0.2) is 31.2 Å². The topological polar surface area (TPSA) is 86.7 Å². The van der Waals surface area contributed by atoms with Gasteiger partial charge in [0.2, 0.25) is 0 Å². The molecule has 7 nitrogen and oxygen atoms in total. The molecule has 0 N–H and O–H groups in total. The SMILES string of the molecule is O=Cc1ccc(-c2cc(Cn3cc4nc(-c5cccc(F)c5F)nc-4cn3)on2)cc1. The summed E-state index contributed by atoms with van der Waals surface area (Å²) in [5, 5.41) is 8.33. The number of carbonyl (C=O) groups excluding carboxylic acids is 1. The van der Waals surface area contributed by atoms with Crippen molar-refractivity contribution in [3.8, 4) is 34.0 Å². The average molecular weight is 417 g/mol. The van der Waals surface area contributed by atoms with E-state index in [0.29, 0.717) is 28.4 Å². The summed E-state index contributed by atoms with van der Waals surface area (Å²) in [7, 11) is 0. The molecule has 3 heterocycles. The Labute approximate surface area is 174 Å². The Balaban J connectivity index is 1.40. The molecular weight excluding hydrogens is 404 g/mol. The second kappa shape index (κ2) is 7.52. The third-order valence-corrected chi connectivity index (χ3v) is 4.73. The number of fused-ring (bicyclic) bond motifs is 1. The lowest BCUT2D eigenvalue weighted by Gasteiger charge is -2.03. The van der Waals surface area contributed by atoms with E-state index in [4.69, 9.17) is 4.52 Å². The maximum absolute atomic E-state index is 14.1. The van der Waals surface area contributed by atoms with Crippen molar-refractivity contribution in [3.05, 3.63) is 83.9 Å². The molecule has 0 fully saturated rings. The lowest BCUT2D eigenvalue weighted by Crippen LogP contribution is -2.04. The number of benzene rings is 2. The Morgan fingerprint density at radius 3 is 2.61 bits per heavy atom. The van der Waals surface area contributed by atoms with E-state index in [9.17, 15) is 13.6 Å². The highest BCUT2D eigenvalue weighted by Gasteiger charge is 2.18. The summed E-state index contributed by atoms with van der Waals surface area (Å²) in [4.78, 5) is 19.3. The monoisotopic (exact) mass is 417 g/mol. The van der Waals surface area contributed by atoms with Crippen molar-refractivity contribution >= 4 is 6.29 Å². The lowest BCUT2D eigenvalue weighted by molar-refractivity contribution is 0.112. The minimum Gasteiger partial charge on any atom is -0.359 e. The van der Waals surface area contributed by atoms with Gasteiger partial charge in [0.25, 0.3) is 0 Å². The fraction of sp³-hybridized carbons (Fsp3) is 0.0455. The Kier molecular flexibility index (Phi) is 4.55. The van der Waals surface area contributed by atoms with Crippen molar-refractivity contribution in [1.82, 2.24) is 24.9 Å². The highest BCUT2D eigenvalue weighted by molar-refractivity contribution is 5.76. The summed E-state index contributed by atoms with van der Waals surface area (Å²) < 4.78 is 34.5. The van der Waals surface area contributed by atoms with Crippen LogP contribution in [0, 0.1) is 11.6 Å². The molecule has 0 atom stereocenters. The van der Waals surface area contributed by atoms with Crippen LogP contribution in [0.3, 0.4) is 0 Å².